The van der Waals surface area contributed by atoms with Gasteiger partial charge in [0.15, 0.2) is 24.6 Å². The highest BCUT2D eigenvalue weighted by Crippen LogP contribution is 2.30. The Kier molecular flexibility index (Phi) is 16.8. The number of thioether (sulfide) groups is 1. The summed E-state index contributed by atoms with van der Waals surface area (Å²) >= 11 is 1.19. The minimum Gasteiger partial charge on any atom is -0.480 e. The Labute approximate surface area is 271 Å². The van der Waals surface area contributed by atoms with Crippen molar-refractivity contribution in [2.24, 2.45) is 0 Å². The SMILES string of the molecule is CC(=O)OC[C@H]1O[C@@H](OCCCSC[C@H](NC(=O)[C@H](C)NC(=O)OC(C)(C)C)C(=O)O)[C@H](OC(C)=O)[C@@H](OC(C)=O)[C@H]1OC(C)=O. The zero-order valence-electron chi connectivity index (χ0n) is 27.1. The Balaban J connectivity index is 2.83. The van der Waals surface area contributed by atoms with Crippen molar-refractivity contribution in [2.45, 2.75) is 110 Å². The quantitative estimate of drug-likeness (QED) is 0.116. The molecule has 18 heteroatoms. The van der Waals surface area contributed by atoms with Crippen LogP contribution in [-0.2, 0) is 61.9 Å². The molecule has 0 aromatic carbocycles. The van der Waals surface area contributed by atoms with Crippen LogP contribution in [0.5, 0.6) is 0 Å². The predicted octanol–water partition coefficient (Wildman–Crippen LogP) is 0.692. The Bertz CT molecular complexity index is 1100. The molecule has 1 rings (SSSR count). The maximum atomic E-state index is 12.5. The van der Waals surface area contributed by atoms with Gasteiger partial charge >= 0.3 is 35.9 Å². The van der Waals surface area contributed by atoms with Gasteiger partial charge in [-0.15, -0.1) is 0 Å². The Hall–Kier alpha value is -3.64. The number of carboxylic acid groups (broad SMARTS) is 1. The number of carbonyl (C=O) groups excluding carboxylic acids is 6. The number of ether oxygens (including phenoxy) is 7. The Morgan fingerprint density at radius 1 is 0.848 bits per heavy atom. The number of alkyl carbamates (subject to hydrolysis) is 1. The van der Waals surface area contributed by atoms with E-state index in [1.165, 1.54) is 18.7 Å². The van der Waals surface area contributed by atoms with Crippen molar-refractivity contribution in [2.75, 3.05) is 24.7 Å². The molecule has 17 nitrogen and oxygen atoms in total. The highest BCUT2D eigenvalue weighted by molar-refractivity contribution is 7.99. The predicted molar refractivity (Wildman–Crippen MR) is 158 cm³/mol. The Morgan fingerprint density at radius 3 is 1.93 bits per heavy atom. The van der Waals surface area contributed by atoms with Crippen molar-refractivity contribution in [1.29, 1.82) is 0 Å². The number of carbonyl (C=O) groups is 7. The number of carboxylic acids is 1. The van der Waals surface area contributed by atoms with E-state index in [4.69, 9.17) is 33.2 Å². The van der Waals surface area contributed by atoms with E-state index in [9.17, 15) is 38.7 Å². The summed E-state index contributed by atoms with van der Waals surface area (Å²) in [6, 6.07) is -2.32. The van der Waals surface area contributed by atoms with Crippen LogP contribution in [0.15, 0.2) is 0 Å². The zero-order chi connectivity index (χ0) is 35.2. The topological polar surface area (TPSA) is 228 Å². The van der Waals surface area contributed by atoms with Crippen LogP contribution in [0, 0.1) is 0 Å². The normalized spacial score (nSPS) is 22.3. The molecule has 2 amide bonds. The van der Waals surface area contributed by atoms with Gasteiger partial charge in [-0.2, -0.15) is 11.8 Å². The van der Waals surface area contributed by atoms with E-state index in [1.54, 1.807) is 20.8 Å². The Morgan fingerprint density at radius 2 is 1.41 bits per heavy atom. The molecule has 0 radical (unpaired) electrons. The van der Waals surface area contributed by atoms with Gasteiger partial charge in [-0.1, -0.05) is 0 Å². The summed E-state index contributed by atoms with van der Waals surface area (Å²) in [4.78, 5) is 83.2. The maximum absolute atomic E-state index is 12.5. The molecular weight excluding hydrogens is 636 g/mol. The van der Waals surface area contributed by atoms with Crippen LogP contribution >= 0.6 is 11.8 Å². The fourth-order valence-electron chi connectivity index (χ4n) is 3.91. The highest BCUT2D eigenvalue weighted by atomic mass is 32.2. The number of aliphatic carboxylic acids is 1. The van der Waals surface area contributed by atoms with Gasteiger partial charge in [0, 0.05) is 33.4 Å². The van der Waals surface area contributed by atoms with Gasteiger partial charge in [-0.25, -0.2) is 9.59 Å². The molecule has 1 aliphatic heterocycles. The summed E-state index contributed by atoms with van der Waals surface area (Å²) in [5.41, 5.74) is -0.781. The number of rotatable bonds is 16. The maximum Gasteiger partial charge on any atom is 0.408 e. The lowest BCUT2D eigenvalue weighted by Gasteiger charge is -2.44. The lowest BCUT2D eigenvalue weighted by atomic mass is 9.98. The van der Waals surface area contributed by atoms with E-state index in [1.807, 2.05) is 0 Å². The van der Waals surface area contributed by atoms with Crippen molar-refractivity contribution in [3.05, 3.63) is 0 Å². The molecule has 1 fully saturated rings. The summed E-state index contributed by atoms with van der Waals surface area (Å²) in [7, 11) is 0. The number of nitrogens with one attached hydrogen (secondary N) is 2. The molecule has 1 saturated heterocycles. The first kappa shape index (κ1) is 40.4. The third kappa shape index (κ3) is 15.6. The third-order valence-electron chi connectivity index (χ3n) is 5.69. The molecular formula is C28H44N2O15S. The van der Waals surface area contributed by atoms with Crippen LogP contribution in [-0.4, -0.2) is 120 Å². The molecule has 0 saturated carbocycles. The van der Waals surface area contributed by atoms with Crippen LogP contribution in [0.1, 0.15) is 61.8 Å². The van der Waals surface area contributed by atoms with Gasteiger partial charge in [0.05, 0.1) is 6.61 Å². The van der Waals surface area contributed by atoms with Crippen LogP contribution in [0.2, 0.25) is 0 Å². The van der Waals surface area contributed by atoms with Gasteiger partial charge in [0.1, 0.15) is 30.4 Å². The first-order valence-electron chi connectivity index (χ1n) is 14.3. The second-order valence-corrected chi connectivity index (χ2v) is 12.3. The van der Waals surface area contributed by atoms with Crippen LogP contribution < -0.4 is 10.6 Å². The summed E-state index contributed by atoms with van der Waals surface area (Å²) in [6.45, 7) is 10.4. The van der Waals surface area contributed by atoms with Crippen molar-refractivity contribution >= 4 is 53.6 Å². The van der Waals surface area contributed by atoms with Crippen molar-refractivity contribution in [3.8, 4) is 0 Å². The molecule has 3 N–H and O–H groups in total. The molecule has 1 aliphatic rings. The van der Waals surface area contributed by atoms with Crippen molar-refractivity contribution in [1.82, 2.24) is 10.6 Å². The molecule has 0 bridgehead atoms. The monoisotopic (exact) mass is 680 g/mol. The van der Waals surface area contributed by atoms with Gasteiger partial charge < -0.3 is 48.9 Å². The highest BCUT2D eigenvalue weighted by Gasteiger charge is 2.52. The second-order valence-electron chi connectivity index (χ2n) is 11.1. The fraction of sp³-hybridized carbons (Fsp3) is 0.750. The van der Waals surface area contributed by atoms with Crippen molar-refractivity contribution < 1.29 is 71.8 Å². The number of amides is 2. The van der Waals surface area contributed by atoms with Crippen LogP contribution in [0.25, 0.3) is 0 Å². The smallest absolute Gasteiger partial charge is 0.408 e. The van der Waals surface area contributed by atoms with E-state index in [2.05, 4.69) is 10.6 Å². The standard InChI is InChI=1S/C28H44N2O15S/c1-14(29-27(38)45-28(6,7)8)24(35)30-19(25(36)37)13-46-11-9-10-39-26-23(43-18(5)34)22(42-17(4)33)21(41-16(3)32)20(44-26)12-40-15(2)31/h14,19-23,26H,9-13H2,1-8H3,(H,29,38)(H,30,35)(H,36,37)/t14-,19-,20+,21-,22-,23+,26+/m0/s1. The largest absolute Gasteiger partial charge is 0.480 e. The molecule has 0 spiro atoms. The second kappa shape index (κ2) is 19.1. The molecule has 262 valence electrons. The minimum atomic E-state index is -1.37. The summed E-state index contributed by atoms with van der Waals surface area (Å²) in [5.74, 6) is -4.62. The fourth-order valence-corrected chi connectivity index (χ4v) is 4.86. The zero-order valence-corrected chi connectivity index (χ0v) is 28.0. The van der Waals surface area contributed by atoms with E-state index < -0.39 is 96.8 Å². The molecule has 7 atom stereocenters. The minimum absolute atomic E-state index is 0.0122. The summed E-state index contributed by atoms with van der Waals surface area (Å²) in [5, 5.41) is 14.3. The molecule has 0 unspecified atom stereocenters. The molecule has 0 aliphatic carbocycles. The van der Waals surface area contributed by atoms with E-state index in [0.29, 0.717) is 12.2 Å². The molecule has 46 heavy (non-hydrogen) atoms. The average Bonchev–Trinajstić information content (AvgIpc) is 2.89. The lowest BCUT2D eigenvalue weighted by molar-refractivity contribution is -0.308. The van der Waals surface area contributed by atoms with Crippen LogP contribution in [0.4, 0.5) is 4.79 Å². The third-order valence-corrected chi connectivity index (χ3v) is 6.84. The first-order valence-corrected chi connectivity index (χ1v) is 15.5. The average molecular weight is 681 g/mol. The van der Waals surface area contributed by atoms with Gasteiger partial charge in [-0.3, -0.25) is 24.0 Å². The van der Waals surface area contributed by atoms with Gasteiger partial charge in [0.2, 0.25) is 5.91 Å². The number of esters is 4. The molecule has 0 aromatic rings. The van der Waals surface area contributed by atoms with Gasteiger partial charge in [-0.05, 0) is 39.9 Å². The first-order chi connectivity index (χ1) is 21.3. The van der Waals surface area contributed by atoms with Gasteiger partial charge in [0.25, 0.3) is 0 Å². The molecule has 1 heterocycles. The van der Waals surface area contributed by atoms with E-state index in [0.717, 1.165) is 27.7 Å². The lowest BCUT2D eigenvalue weighted by Crippen LogP contribution is -2.63. The van der Waals surface area contributed by atoms with E-state index >= 15 is 0 Å². The molecule has 0 aromatic heterocycles. The van der Waals surface area contributed by atoms with E-state index in [-0.39, 0.29) is 12.4 Å². The van der Waals surface area contributed by atoms with Crippen molar-refractivity contribution in [3.63, 3.8) is 0 Å². The number of hydrogen-bond donors (Lipinski definition) is 3. The summed E-state index contributed by atoms with van der Waals surface area (Å²) < 4.78 is 37.8. The van der Waals surface area contributed by atoms with Crippen LogP contribution in [0.3, 0.4) is 0 Å². The summed E-state index contributed by atoms with van der Waals surface area (Å²) in [6.07, 6.45) is -7.04. The number of hydrogen-bond acceptors (Lipinski definition) is 15.